The average molecular weight is 381 g/mol. The summed E-state index contributed by atoms with van der Waals surface area (Å²) >= 11 is 0. The van der Waals surface area contributed by atoms with Gasteiger partial charge in [0.05, 0.1) is 5.39 Å². The van der Waals surface area contributed by atoms with Crippen molar-refractivity contribution in [2.75, 3.05) is 5.32 Å². The molecule has 4 rings (SSSR count). The van der Waals surface area contributed by atoms with Crippen LogP contribution in [0.5, 0.6) is 0 Å². The second-order valence-electron chi connectivity index (χ2n) is 6.79. The van der Waals surface area contributed by atoms with Crippen LogP contribution in [0, 0.1) is 6.92 Å². The molecule has 4 aromatic rings. The molecule has 3 aromatic carbocycles. The van der Waals surface area contributed by atoms with Crippen LogP contribution < -0.4 is 10.7 Å². The summed E-state index contributed by atoms with van der Waals surface area (Å²) in [6.07, 6.45) is 3.20. The third kappa shape index (κ3) is 4.33. The molecule has 0 spiro atoms. The molecule has 0 aliphatic rings. The fraction of sp³-hybridized carbons (Fsp3) is 0.0400. The highest BCUT2D eigenvalue weighted by molar-refractivity contribution is 6.02. The molecule has 1 heterocycles. The highest BCUT2D eigenvalue weighted by atomic mass is 16.3. The van der Waals surface area contributed by atoms with Gasteiger partial charge in [0.15, 0.2) is 5.43 Å². The van der Waals surface area contributed by atoms with Crippen molar-refractivity contribution in [1.82, 2.24) is 0 Å². The summed E-state index contributed by atoms with van der Waals surface area (Å²) in [6, 6.07) is 23.9. The Hall–Kier alpha value is -3.92. The predicted molar refractivity (Wildman–Crippen MR) is 117 cm³/mol. The number of rotatable bonds is 4. The Balaban J connectivity index is 1.59. The minimum absolute atomic E-state index is 0.154. The second kappa shape index (κ2) is 7.98. The van der Waals surface area contributed by atoms with Gasteiger partial charge in [-0.2, -0.15) is 0 Å². The van der Waals surface area contributed by atoms with Gasteiger partial charge in [0.2, 0.25) is 5.91 Å². The van der Waals surface area contributed by atoms with E-state index >= 15 is 0 Å². The van der Waals surface area contributed by atoms with E-state index in [-0.39, 0.29) is 11.3 Å². The molecule has 0 atom stereocenters. The lowest BCUT2D eigenvalue weighted by Crippen LogP contribution is -2.08. The molecule has 0 saturated carbocycles. The van der Waals surface area contributed by atoms with Gasteiger partial charge in [0.1, 0.15) is 11.3 Å². The molecule has 1 N–H and O–H groups in total. The minimum atomic E-state index is -0.269. The number of carbonyl (C=O) groups excluding carboxylic acids is 1. The largest absolute Gasteiger partial charge is 0.456 e. The van der Waals surface area contributed by atoms with E-state index in [1.165, 1.54) is 12.1 Å². The molecule has 1 amide bonds. The SMILES string of the molecule is Cc1cccc(-c2cc(=O)c3cc(NC(=O)/C=C/c4ccccc4)ccc3o2)c1. The lowest BCUT2D eigenvalue weighted by Gasteiger charge is -2.06. The van der Waals surface area contributed by atoms with Gasteiger partial charge in [-0.05, 0) is 42.8 Å². The number of benzene rings is 3. The molecular formula is C25H19NO3. The number of amides is 1. The first-order valence-electron chi connectivity index (χ1n) is 9.27. The maximum Gasteiger partial charge on any atom is 0.248 e. The van der Waals surface area contributed by atoms with Crippen molar-refractivity contribution in [2.24, 2.45) is 0 Å². The highest BCUT2D eigenvalue weighted by Gasteiger charge is 2.09. The Morgan fingerprint density at radius 1 is 0.931 bits per heavy atom. The van der Waals surface area contributed by atoms with E-state index in [0.717, 1.165) is 16.7 Å². The van der Waals surface area contributed by atoms with Crippen molar-refractivity contribution in [2.45, 2.75) is 6.92 Å². The van der Waals surface area contributed by atoms with Crippen molar-refractivity contribution < 1.29 is 9.21 Å². The maximum absolute atomic E-state index is 12.6. The summed E-state index contributed by atoms with van der Waals surface area (Å²) < 4.78 is 5.92. The molecule has 29 heavy (non-hydrogen) atoms. The second-order valence-corrected chi connectivity index (χ2v) is 6.79. The fourth-order valence-corrected chi connectivity index (χ4v) is 3.09. The topological polar surface area (TPSA) is 59.3 Å². The zero-order chi connectivity index (χ0) is 20.2. The van der Waals surface area contributed by atoms with Gasteiger partial charge in [0, 0.05) is 23.4 Å². The molecule has 4 heteroatoms. The van der Waals surface area contributed by atoms with E-state index in [1.807, 2.05) is 61.5 Å². The number of hydrogen-bond acceptors (Lipinski definition) is 3. The molecule has 142 valence electrons. The zero-order valence-electron chi connectivity index (χ0n) is 15.9. The number of carbonyl (C=O) groups is 1. The van der Waals surface area contributed by atoms with Crippen LogP contribution in [-0.4, -0.2) is 5.91 Å². The van der Waals surface area contributed by atoms with Gasteiger partial charge >= 0.3 is 0 Å². The number of aryl methyl sites for hydroxylation is 1. The van der Waals surface area contributed by atoms with Crippen molar-refractivity contribution >= 4 is 28.6 Å². The van der Waals surface area contributed by atoms with Crippen LogP contribution in [-0.2, 0) is 4.79 Å². The molecule has 0 unspecified atom stereocenters. The lowest BCUT2D eigenvalue weighted by molar-refractivity contribution is -0.111. The van der Waals surface area contributed by atoms with E-state index in [0.29, 0.717) is 22.4 Å². The van der Waals surface area contributed by atoms with Crippen LogP contribution in [0.2, 0.25) is 0 Å². The number of fused-ring (bicyclic) bond motifs is 1. The van der Waals surface area contributed by atoms with Gasteiger partial charge in [-0.15, -0.1) is 0 Å². The van der Waals surface area contributed by atoms with Gasteiger partial charge in [-0.25, -0.2) is 0 Å². The number of anilines is 1. The first-order chi connectivity index (χ1) is 14.1. The average Bonchev–Trinajstić information content (AvgIpc) is 2.73. The molecule has 0 aliphatic heterocycles. The van der Waals surface area contributed by atoms with Crippen molar-refractivity contribution in [3.8, 4) is 11.3 Å². The van der Waals surface area contributed by atoms with E-state index in [9.17, 15) is 9.59 Å². The molecule has 0 fully saturated rings. The molecule has 4 nitrogen and oxygen atoms in total. The molecular weight excluding hydrogens is 362 g/mol. The first kappa shape index (κ1) is 18.4. The standard InChI is InChI=1S/C25H19NO3/c1-17-6-5-9-19(14-17)24-16-22(27)21-15-20(11-12-23(21)29-24)26-25(28)13-10-18-7-3-2-4-8-18/h2-16H,1H3,(H,26,28)/b13-10+. The zero-order valence-corrected chi connectivity index (χ0v) is 15.9. The third-order valence-electron chi connectivity index (χ3n) is 4.52. The molecule has 0 aliphatic carbocycles. The normalized spacial score (nSPS) is 11.1. The lowest BCUT2D eigenvalue weighted by atomic mass is 10.1. The van der Waals surface area contributed by atoms with E-state index in [4.69, 9.17) is 4.42 Å². The Bertz CT molecular complexity index is 1270. The quantitative estimate of drug-likeness (QED) is 0.480. The summed E-state index contributed by atoms with van der Waals surface area (Å²) in [5, 5.41) is 3.20. The van der Waals surface area contributed by atoms with Crippen molar-refractivity contribution in [3.63, 3.8) is 0 Å². The van der Waals surface area contributed by atoms with Crippen LogP contribution >= 0.6 is 0 Å². The van der Waals surface area contributed by atoms with E-state index in [2.05, 4.69) is 5.32 Å². The van der Waals surface area contributed by atoms with E-state index in [1.54, 1.807) is 24.3 Å². The first-order valence-corrected chi connectivity index (χ1v) is 9.27. The Labute approximate surface area is 168 Å². The Morgan fingerprint density at radius 3 is 2.55 bits per heavy atom. The minimum Gasteiger partial charge on any atom is -0.456 e. The van der Waals surface area contributed by atoms with Gasteiger partial charge in [-0.1, -0.05) is 54.1 Å². The summed E-state index contributed by atoms with van der Waals surface area (Å²) in [5.41, 5.74) is 3.74. The number of hydrogen-bond donors (Lipinski definition) is 1. The fourth-order valence-electron chi connectivity index (χ4n) is 3.09. The van der Waals surface area contributed by atoms with Gasteiger partial charge in [0.25, 0.3) is 0 Å². The Morgan fingerprint density at radius 2 is 1.76 bits per heavy atom. The maximum atomic E-state index is 12.6. The predicted octanol–water partition coefficient (Wildman–Crippen LogP) is 5.42. The van der Waals surface area contributed by atoms with Gasteiger partial charge < -0.3 is 9.73 Å². The molecule has 0 radical (unpaired) electrons. The van der Waals surface area contributed by atoms with Crippen LogP contribution in [0.15, 0.2) is 94.2 Å². The molecule has 0 bridgehead atoms. The third-order valence-corrected chi connectivity index (χ3v) is 4.52. The number of nitrogens with one attached hydrogen (secondary N) is 1. The summed E-state index contributed by atoms with van der Waals surface area (Å²) in [7, 11) is 0. The molecule has 1 aromatic heterocycles. The smallest absolute Gasteiger partial charge is 0.248 e. The van der Waals surface area contributed by atoms with Crippen LogP contribution in [0.25, 0.3) is 28.4 Å². The van der Waals surface area contributed by atoms with Crippen molar-refractivity contribution in [3.05, 3.63) is 106 Å². The van der Waals surface area contributed by atoms with Crippen molar-refractivity contribution in [1.29, 1.82) is 0 Å². The summed E-state index contributed by atoms with van der Waals surface area (Å²) in [4.78, 5) is 24.8. The van der Waals surface area contributed by atoms with Gasteiger partial charge in [-0.3, -0.25) is 9.59 Å². The Kier molecular flexibility index (Phi) is 5.08. The monoisotopic (exact) mass is 381 g/mol. The highest BCUT2D eigenvalue weighted by Crippen LogP contribution is 2.24. The summed E-state index contributed by atoms with van der Waals surface area (Å²) in [5.74, 6) is 0.253. The molecule has 0 saturated heterocycles. The summed E-state index contributed by atoms with van der Waals surface area (Å²) in [6.45, 7) is 1.99. The van der Waals surface area contributed by atoms with Crippen LogP contribution in [0.4, 0.5) is 5.69 Å². The van der Waals surface area contributed by atoms with Crippen LogP contribution in [0.3, 0.4) is 0 Å². The van der Waals surface area contributed by atoms with E-state index < -0.39 is 0 Å². The van der Waals surface area contributed by atoms with Crippen LogP contribution in [0.1, 0.15) is 11.1 Å².